The van der Waals surface area contributed by atoms with Gasteiger partial charge in [0.15, 0.2) is 0 Å². The Morgan fingerprint density at radius 3 is 2.07 bits per heavy atom. The Bertz CT molecular complexity index is 1050. The van der Waals surface area contributed by atoms with Crippen LogP contribution in [0.5, 0.6) is 0 Å². The predicted molar refractivity (Wildman–Crippen MR) is 105 cm³/mol. The van der Waals surface area contributed by atoms with Gasteiger partial charge in [-0.05, 0) is 18.2 Å². The highest BCUT2D eigenvalue weighted by Gasteiger charge is 2.10. The van der Waals surface area contributed by atoms with E-state index in [0.29, 0.717) is 16.4 Å². The van der Waals surface area contributed by atoms with Crippen LogP contribution >= 0.6 is 11.6 Å². The number of hydrogen-bond acceptors (Lipinski definition) is 3. The van der Waals surface area contributed by atoms with E-state index in [2.05, 4.69) is 10.1 Å². The lowest BCUT2D eigenvalue weighted by Crippen LogP contribution is -2.03. The third kappa shape index (κ3) is 3.78. The van der Waals surface area contributed by atoms with Crippen LogP contribution in [0.25, 0.3) is 5.69 Å². The van der Waals surface area contributed by atoms with Crippen molar-refractivity contribution in [3.63, 3.8) is 0 Å². The minimum atomic E-state index is -0.811. The summed E-state index contributed by atoms with van der Waals surface area (Å²) in [6, 6.07) is 25.1. The first-order valence-electron chi connectivity index (χ1n) is 8.27. The molecule has 3 aromatic carbocycles. The monoisotopic (exact) mass is 376 g/mol. The third-order valence-corrected chi connectivity index (χ3v) is 4.30. The number of aromatic nitrogens is 3. The number of aliphatic imine (C=N–C) groups is 1. The number of rotatable bonds is 4. The standard InChI is InChI=1S/C21H14ClFN4/c22-18-12-11-17(13-19(18)27-14-24-21(23)26-27)25-20(15-7-3-1-4-8-15)16-9-5-2-6-10-16/h1-14H. The maximum Gasteiger partial charge on any atom is 0.327 e. The summed E-state index contributed by atoms with van der Waals surface area (Å²) in [7, 11) is 0. The minimum Gasteiger partial charge on any atom is -0.248 e. The Labute approximate surface area is 160 Å². The molecule has 1 heterocycles. The molecule has 1 aromatic heterocycles. The van der Waals surface area contributed by atoms with E-state index in [1.54, 1.807) is 12.1 Å². The molecule has 27 heavy (non-hydrogen) atoms. The van der Waals surface area contributed by atoms with Crippen LogP contribution in [0.2, 0.25) is 5.02 Å². The van der Waals surface area contributed by atoms with Crippen molar-refractivity contribution in [1.29, 1.82) is 0 Å². The first-order chi connectivity index (χ1) is 13.2. The van der Waals surface area contributed by atoms with Gasteiger partial charge in [0, 0.05) is 11.1 Å². The molecule has 0 spiro atoms. The molecule has 0 atom stereocenters. The summed E-state index contributed by atoms with van der Waals surface area (Å²) in [5.41, 5.74) is 4.00. The SMILES string of the molecule is Fc1ncn(-c2cc(N=C(c3ccccc3)c3ccccc3)ccc2Cl)n1. The molecule has 0 bridgehead atoms. The van der Waals surface area contributed by atoms with Crippen molar-refractivity contribution in [2.45, 2.75) is 0 Å². The lowest BCUT2D eigenvalue weighted by Gasteiger charge is -2.09. The molecule has 4 rings (SSSR count). The quantitative estimate of drug-likeness (QED) is 0.458. The third-order valence-electron chi connectivity index (χ3n) is 3.98. The minimum absolute atomic E-state index is 0.430. The van der Waals surface area contributed by atoms with Gasteiger partial charge in [-0.15, -0.1) is 5.10 Å². The Morgan fingerprint density at radius 2 is 1.52 bits per heavy atom. The molecule has 0 saturated heterocycles. The maximum atomic E-state index is 13.2. The zero-order chi connectivity index (χ0) is 18.6. The van der Waals surface area contributed by atoms with Crippen LogP contribution in [0.15, 0.2) is 90.2 Å². The lowest BCUT2D eigenvalue weighted by molar-refractivity contribution is 0.536. The van der Waals surface area contributed by atoms with E-state index in [4.69, 9.17) is 16.6 Å². The fourth-order valence-electron chi connectivity index (χ4n) is 2.72. The van der Waals surface area contributed by atoms with E-state index in [0.717, 1.165) is 16.8 Å². The Morgan fingerprint density at radius 1 is 0.889 bits per heavy atom. The van der Waals surface area contributed by atoms with E-state index in [1.165, 1.54) is 11.0 Å². The summed E-state index contributed by atoms with van der Waals surface area (Å²) >= 11 is 6.25. The van der Waals surface area contributed by atoms with E-state index in [9.17, 15) is 4.39 Å². The summed E-state index contributed by atoms with van der Waals surface area (Å²) in [6.07, 6.45) is 0.466. The largest absolute Gasteiger partial charge is 0.327 e. The molecule has 0 N–H and O–H groups in total. The second-order valence-corrected chi connectivity index (χ2v) is 6.19. The molecular weight excluding hydrogens is 363 g/mol. The Kier molecular flexibility index (Phi) is 4.77. The van der Waals surface area contributed by atoms with Crippen LogP contribution in [-0.2, 0) is 0 Å². The van der Waals surface area contributed by atoms with Gasteiger partial charge in [0.05, 0.1) is 22.1 Å². The molecule has 0 aliphatic rings. The van der Waals surface area contributed by atoms with E-state index in [1.807, 2.05) is 66.7 Å². The van der Waals surface area contributed by atoms with Gasteiger partial charge in [0.25, 0.3) is 0 Å². The highest BCUT2D eigenvalue weighted by atomic mass is 35.5. The summed E-state index contributed by atoms with van der Waals surface area (Å²) in [6.45, 7) is 0. The van der Waals surface area contributed by atoms with Crippen molar-refractivity contribution >= 4 is 23.0 Å². The molecule has 0 aliphatic heterocycles. The second kappa shape index (κ2) is 7.51. The van der Waals surface area contributed by atoms with Gasteiger partial charge in [0.1, 0.15) is 6.33 Å². The van der Waals surface area contributed by atoms with Gasteiger partial charge in [0.2, 0.25) is 0 Å². The molecule has 132 valence electrons. The molecule has 0 aliphatic carbocycles. The van der Waals surface area contributed by atoms with Crippen LogP contribution in [-0.4, -0.2) is 20.5 Å². The lowest BCUT2D eigenvalue weighted by atomic mass is 10.0. The van der Waals surface area contributed by atoms with Crippen LogP contribution < -0.4 is 0 Å². The van der Waals surface area contributed by atoms with Crippen molar-refractivity contribution < 1.29 is 4.39 Å². The smallest absolute Gasteiger partial charge is 0.248 e. The molecule has 0 radical (unpaired) electrons. The Hall–Kier alpha value is -3.31. The molecule has 0 fully saturated rings. The molecule has 0 saturated carbocycles. The summed E-state index contributed by atoms with van der Waals surface area (Å²) in [5.74, 6) is 0. The predicted octanol–water partition coefficient (Wildman–Crippen LogP) is 5.23. The van der Waals surface area contributed by atoms with Crippen LogP contribution in [0.4, 0.5) is 10.1 Å². The first kappa shape index (κ1) is 17.1. The van der Waals surface area contributed by atoms with Crippen molar-refractivity contribution in [3.05, 3.63) is 107 Å². The number of benzene rings is 3. The van der Waals surface area contributed by atoms with Gasteiger partial charge in [-0.2, -0.15) is 9.37 Å². The first-order valence-corrected chi connectivity index (χ1v) is 8.65. The summed E-state index contributed by atoms with van der Waals surface area (Å²) in [4.78, 5) is 8.35. The number of nitrogens with zero attached hydrogens (tertiary/aromatic N) is 4. The van der Waals surface area contributed by atoms with Gasteiger partial charge >= 0.3 is 6.08 Å². The number of halogens is 2. The zero-order valence-electron chi connectivity index (χ0n) is 14.1. The van der Waals surface area contributed by atoms with Crippen LogP contribution in [0.1, 0.15) is 11.1 Å². The fourth-order valence-corrected chi connectivity index (χ4v) is 2.93. The van der Waals surface area contributed by atoms with Gasteiger partial charge in [-0.1, -0.05) is 72.3 Å². The second-order valence-electron chi connectivity index (χ2n) is 5.79. The van der Waals surface area contributed by atoms with Crippen molar-refractivity contribution in [2.75, 3.05) is 0 Å². The van der Waals surface area contributed by atoms with Gasteiger partial charge in [-0.25, -0.2) is 9.67 Å². The maximum absolute atomic E-state index is 13.2. The van der Waals surface area contributed by atoms with Crippen molar-refractivity contribution in [3.8, 4) is 5.69 Å². The zero-order valence-corrected chi connectivity index (χ0v) is 14.9. The van der Waals surface area contributed by atoms with Crippen LogP contribution in [0.3, 0.4) is 0 Å². The van der Waals surface area contributed by atoms with E-state index < -0.39 is 6.08 Å². The molecule has 4 aromatic rings. The van der Waals surface area contributed by atoms with E-state index in [-0.39, 0.29) is 0 Å². The molecular formula is C21H14ClFN4. The molecule has 4 nitrogen and oxygen atoms in total. The molecule has 6 heteroatoms. The average Bonchev–Trinajstić information content (AvgIpc) is 3.15. The van der Waals surface area contributed by atoms with Crippen molar-refractivity contribution in [2.24, 2.45) is 4.99 Å². The van der Waals surface area contributed by atoms with E-state index >= 15 is 0 Å². The summed E-state index contributed by atoms with van der Waals surface area (Å²) in [5, 5.41) is 4.11. The van der Waals surface area contributed by atoms with Gasteiger partial charge < -0.3 is 0 Å². The average molecular weight is 377 g/mol. The highest BCUT2D eigenvalue weighted by Crippen LogP contribution is 2.27. The topological polar surface area (TPSA) is 43.1 Å². The van der Waals surface area contributed by atoms with Crippen LogP contribution in [0, 0.1) is 6.08 Å². The highest BCUT2D eigenvalue weighted by molar-refractivity contribution is 6.32. The molecule has 0 unspecified atom stereocenters. The normalized spacial score (nSPS) is 10.6. The van der Waals surface area contributed by atoms with Gasteiger partial charge in [-0.3, -0.25) is 0 Å². The Balaban J connectivity index is 1.84. The van der Waals surface area contributed by atoms with Crippen molar-refractivity contribution in [1.82, 2.24) is 14.8 Å². The fraction of sp³-hybridized carbons (Fsp3) is 0. The molecule has 0 amide bonds. The number of hydrogen-bond donors (Lipinski definition) is 0. The summed E-state index contributed by atoms with van der Waals surface area (Å²) < 4.78 is 14.5.